The minimum Gasteiger partial charge on any atom is -0.455 e. The molecule has 16 heavy (non-hydrogen) atoms. The average Bonchev–Trinajstić information content (AvgIpc) is 2.24. The summed E-state index contributed by atoms with van der Waals surface area (Å²) in [4.78, 5) is 30.0. The van der Waals surface area contributed by atoms with Crippen molar-refractivity contribution in [2.24, 2.45) is 5.73 Å². The zero-order valence-electron chi connectivity index (χ0n) is 9.19. The first kappa shape index (κ1) is 15.1. The molecule has 0 fully saturated rings. The standard InChI is InChI=1S/C8H16NO6P/c1-3-8(9,4-2)5-14-6(10)7(11)15-16(12)13/h16H,3-5,9H2,1-2H3,(H,12,13). The third-order valence-corrected chi connectivity index (χ3v) is 2.61. The highest BCUT2D eigenvalue weighted by Crippen LogP contribution is 2.16. The molecule has 0 saturated carbocycles. The van der Waals surface area contributed by atoms with Crippen LogP contribution in [-0.4, -0.2) is 29.0 Å². The van der Waals surface area contributed by atoms with Crippen molar-refractivity contribution in [2.75, 3.05) is 6.61 Å². The number of rotatable bonds is 5. The second-order valence-electron chi connectivity index (χ2n) is 3.30. The van der Waals surface area contributed by atoms with Crippen LogP contribution in [0.5, 0.6) is 0 Å². The molecule has 0 heterocycles. The summed E-state index contributed by atoms with van der Waals surface area (Å²) < 4.78 is 18.5. The minimum absolute atomic E-state index is 0.139. The summed E-state index contributed by atoms with van der Waals surface area (Å²) in [5.74, 6) is -2.80. The molecule has 3 N–H and O–H groups in total. The Morgan fingerprint density at radius 3 is 2.19 bits per heavy atom. The highest BCUT2D eigenvalue weighted by Gasteiger charge is 2.26. The molecule has 0 aromatic rings. The summed E-state index contributed by atoms with van der Waals surface area (Å²) in [5, 5.41) is 0. The molecule has 0 aliphatic rings. The summed E-state index contributed by atoms with van der Waals surface area (Å²) in [6.45, 7) is 3.50. The van der Waals surface area contributed by atoms with Gasteiger partial charge in [0.05, 0.1) is 0 Å². The second kappa shape index (κ2) is 6.62. The molecular formula is C8H16NO6P. The van der Waals surface area contributed by atoms with Crippen LogP contribution in [0.3, 0.4) is 0 Å². The number of hydrogen-bond donors (Lipinski definition) is 2. The van der Waals surface area contributed by atoms with Crippen molar-refractivity contribution in [1.82, 2.24) is 0 Å². The van der Waals surface area contributed by atoms with Gasteiger partial charge in [0.15, 0.2) is 0 Å². The van der Waals surface area contributed by atoms with E-state index in [1.54, 1.807) is 0 Å². The van der Waals surface area contributed by atoms with Gasteiger partial charge in [0.1, 0.15) is 6.61 Å². The number of hydrogen-bond acceptors (Lipinski definition) is 6. The summed E-state index contributed by atoms with van der Waals surface area (Å²) >= 11 is 0. The SMILES string of the molecule is CCC(N)(CC)COC(=O)C(=O)O[PH](=O)O. The molecule has 1 atom stereocenters. The van der Waals surface area contributed by atoms with E-state index >= 15 is 0 Å². The lowest BCUT2D eigenvalue weighted by atomic mass is 9.96. The topological polar surface area (TPSA) is 116 Å². The van der Waals surface area contributed by atoms with Crippen molar-refractivity contribution >= 4 is 20.2 Å². The third kappa shape index (κ3) is 5.25. The van der Waals surface area contributed by atoms with Crippen molar-refractivity contribution in [3.63, 3.8) is 0 Å². The van der Waals surface area contributed by atoms with Crippen LogP contribution in [0.2, 0.25) is 0 Å². The molecule has 0 radical (unpaired) electrons. The number of nitrogens with two attached hydrogens (primary N) is 1. The molecule has 0 amide bonds. The van der Waals surface area contributed by atoms with Crippen molar-refractivity contribution in [1.29, 1.82) is 0 Å². The first-order valence-corrected chi connectivity index (χ1v) is 6.01. The number of carbonyl (C=O) groups excluding carboxylic acids is 2. The smallest absolute Gasteiger partial charge is 0.423 e. The lowest BCUT2D eigenvalue weighted by Crippen LogP contribution is -2.44. The summed E-state index contributed by atoms with van der Waals surface area (Å²) in [5.41, 5.74) is 5.12. The zero-order valence-corrected chi connectivity index (χ0v) is 10.2. The van der Waals surface area contributed by atoms with Crippen LogP contribution in [0.4, 0.5) is 0 Å². The van der Waals surface area contributed by atoms with Gasteiger partial charge in [-0.05, 0) is 12.8 Å². The largest absolute Gasteiger partial charge is 0.455 e. The van der Waals surface area contributed by atoms with E-state index in [-0.39, 0.29) is 6.61 Å². The maximum Gasteiger partial charge on any atom is 0.423 e. The van der Waals surface area contributed by atoms with E-state index in [1.165, 1.54) is 0 Å². The molecule has 0 aliphatic heterocycles. The van der Waals surface area contributed by atoms with Crippen LogP contribution in [0.1, 0.15) is 26.7 Å². The quantitative estimate of drug-likeness (QED) is 0.401. The van der Waals surface area contributed by atoms with Gasteiger partial charge in [-0.2, -0.15) is 0 Å². The molecule has 1 unspecified atom stereocenters. The molecule has 94 valence electrons. The van der Waals surface area contributed by atoms with Gasteiger partial charge >= 0.3 is 20.2 Å². The molecular weight excluding hydrogens is 237 g/mol. The molecule has 8 heteroatoms. The van der Waals surface area contributed by atoms with Gasteiger partial charge < -0.3 is 19.9 Å². The molecule has 0 aromatic carbocycles. The Labute approximate surface area is 93.9 Å². The van der Waals surface area contributed by atoms with E-state index in [0.717, 1.165) is 0 Å². The van der Waals surface area contributed by atoms with E-state index in [4.69, 9.17) is 10.6 Å². The Morgan fingerprint density at radius 1 is 1.31 bits per heavy atom. The monoisotopic (exact) mass is 253 g/mol. The Morgan fingerprint density at radius 2 is 1.81 bits per heavy atom. The van der Waals surface area contributed by atoms with Crippen molar-refractivity contribution in [2.45, 2.75) is 32.2 Å². The molecule has 0 rings (SSSR count). The second-order valence-corrected chi connectivity index (χ2v) is 4.04. The molecule has 0 aliphatic carbocycles. The minimum atomic E-state index is -3.47. The first-order chi connectivity index (χ1) is 7.34. The van der Waals surface area contributed by atoms with Crippen LogP contribution in [0.25, 0.3) is 0 Å². The van der Waals surface area contributed by atoms with Gasteiger partial charge in [0, 0.05) is 5.54 Å². The Balaban J connectivity index is 4.16. The fourth-order valence-corrected chi connectivity index (χ4v) is 1.09. The predicted molar refractivity (Wildman–Crippen MR) is 55.8 cm³/mol. The molecule has 0 aromatic heterocycles. The molecule has 0 bridgehead atoms. The van der Waals surface area contributed by atoms with Crippen LogP contribution in [0, 0.1) is 0 Å². The van der Waals surface area contributed by atoms with E-state index in [0.29, 0.717) is 12.8 Å². The first-order valence-electron chi connectivity index (χ1n) is 4.75. The highest BCUT2D eigenvalue weighted by atomic mass is 31.1. The Kier molecular flexibility index (Phi) is 6.25. The fraction of sp³-hybridized carbons (Fsp3) is 0.750. The summed E-state index contributed by atoms with van der Waals surface area (Å²) in [6, 6.07) is 0. The van der Waals surface area contributed by atoms with Crippen LogP contribution < -0.4 is 5.73 Å². The Hall–Kier alpha value is -0.910. The van der Waals surface area contributed by atoms with E-state index in [1.807, 2.05) is 13.8 Å². The zero-order chi connectivity index (χ0) is 12.8. The lowest BCUT2D eigenvalue weighted by molar-refractivity contribution is -0.163. The van der Waals surface area contributed by atoms with Gasteiger partial charge in [0.25, 0.3) is 0 Å². The lowest BCUT2D eigenvalue weighted by Gasteiger charge is -2.25. The van der Waals surface area contributed by atoms with Gasteiger partial charge in [-0.3, -0.25) is 0 Å². The van der Waals surface area contributed by atoms with Crippen LogP contribution in [0.15, 0.2) is 0 Å². The summed E-state index contributed by atoms with van der Waals surface area (Å²) in [6.07, 6.45) is 1.14. The molecule has 7 nitrogen and oxygen atoms in total. The van der Waals surface area contributed by atoms with E-state index in [2.05, 4.69) is 9.26 Å². The molecule has 0 spiro atoms. The van der Waals surface area contributed by atoms with Crippen molar-refractivity contribution in [3.8, 4) is 0 Å². The third-order valence-electron chi connectivity index (χ3n) is 2.25. The maximum atomic E-state index is 11.0. The van der Waals surface area contributed by atoms with Crippen molar-refractivity contribution < 1.29 is 28.3 Å². The highest BCUT2D eigenvalue weighted by molar-refractivity contribution is 7.33. The number of ether oxygens (including phenoxy) is 1. The number of carbonyl (C=O) groups is 2. The van der Waals surface area contributed by atoms with Gasteiger partial charge in [-0.1, -0.05) is 13.8 Å². The Bertz CT molecular complexity index is 288. The maximum absolute atomic E-state index is 11.0. The van der Waals surface area contributed by atoms with Gasteiger partial charge in [0.2, 0.25) is 0 Å². The summed E-state index contributed by atoms with van der Waals surface area (Å²) in [7, 11) is -3.47. The van der Waals surface area contributed by atoms with Gasteiger partial charge in [-0.15, -0.1) is 0 Å². The van der Waals surface area contributed by atoms with Crippen molar-refractivity contribution in [3.05, 3.63) is 0 Å². The number of esters is 1. The average molecular weight is 253 g/mol. The normalized spacial score (nSPS) is 13.0. The predicted octanol–water partition coefficient (Wildman–Crippen LogP) is -0.0277. The van der Waals surface area contributed by atoms with E-state index < -0.39 is 25.7 Å². The van der Waals surface area contributed by atoms with Crippen LogP contribution in [-0.2, 0) is 23.4 Å². The van der Waals surface area contributed by atoms with Crippen LogP contribution >= 0.6 is 8.25 Å². The van der Waals surface area contributed by atoms with E-state index in [9.17, 15) is 14.2 Å². The fourth-order valence-electron chi connectivity index (χ4n) is 0.843. The molecule has 0 saturated heterocycles. The van der Waals surface area contributed by atoms with Gasteiger partial charge in [-0.25, -0.2) is 14.2 Å².